The molecule has 12 nitrogen and oxygen atoms in total. The number of H-pyrrole nitrogens is 1. The third-order valence-corrected chi connectivity index (χ3v) is 4.79. The van der Waals surface area contributed by atoms with Crippen molar-refractivity contribution in [2.45, 2.75) is 24.5 Å². The van der Waals surface area contributed by atoms with Gasteiger partial charge >= 0.3 is 7.82 Å². The molecule has 0 aliphatic carbocycles. The number of phosphoric acid groups is 1. The maximum Gasteiger partial charge on any atom is 0.472 e. The first-order valence-electron chi connectivity index (χ1n) is 7.17. The lowest BCUT2D eigenvalue weighted by Crippen LogP contribution is -2.35. The Labute approximate surface area is 140 Å². The number of aromatic amines is 1. The number of aromatic nitrogens is 4. The first kappa shape index (κ1) is 18.1. The predicted octanol–water partition coefficient (Wildman–Crippen LogP) is -0.844. The Hall–Kier alpha value is -1.66. The lowest BCUT2D eigenvalue weighted by Gasteiger charge is -2.19. The number of phosphoric ester groups is 1. The summed E-state index contributed by atoms with van der Waals surface area (Å²) in [4.78, 5) is 31.4. The summed E-state index contributed by atoms with van der Waals surface area (Å²) in [6.07, 6.45) is -1.32. The third-order valence-electron chi connectivity index (χ3n) is 3.85. The average molecular weight is 376 g/mol. The second-order valence-corrected chi connectivity index (χ2v) is 6.82. The van der Waals surface area contributed by atoms with Gasteiger partial charge < -0.3 is 24.5 Å². The number of fused-ring (bicyclic) bond motifs is 1. The summed E-state index contributed by atoms with van der Waals surface area (Å²) in [7, 11) is -1.81. The standard InChI is InChI=1S/C12H17N4O8P/c1-21-9-6(3-23-25(19,20)22-2)24-12(8(9)17)16-5-15-7-10(16)13-4-14-11(7)18/h4-6,8-9,12,17H,3H2,1-2H3,(H,19,20)(H,13,14,18)/t6-,8-,9-,12-/m1/s1. The fraction of sp³-hybridized carbons (Fsp3) is 0.583. The second-order valence-electron chi connectivity index (χ2n) is 5.26. The number of imidazole rings is 1. The van der Waals surface area contributed by atoms with Crippen LogP contribution in [-0.4, -0.2) is 68.7 Å². The highest BCUT2D eigenvalue weighted by Crippen LogP contribution is 2.43. The molecule has 0 spiro atoms. The van der Waals surface area contributed by atoms with E-state index in [1.54, 1.807) is 0 Å². The van der Waals surface area contributed by atoms with Crippen LogP contribution in [0.15, 0.2) is 17.4 Å². The fourth-order valence-corrected chi connectivity index (χ4v) is 3.08. The largest absolute Gasteiger partial charge is 0.472 e. The van der Waals surface area contributed by atoms with Gasteiger partial charge in [0.2, 0.25) is 0 Å². The molecule has 0 radical (unpaired) electrons. The molecule has 3 heterocycles. The molecule has 2 aromatic rings. The molecule has 2 aromatic heterocycles. The van der Waals surface area contributed by atoms with Gasteiger partial charge in [-0.2, -0.15) is 0 Å². The van der Waals surface area contributed by atoms with Crippen LogP contribution in [0.25, 0.3) is 11.2 Å². The molecule has 0 amide bonds. The third kappa shape index (κ3) is 3.37. The van der Waals surface area contributed by atoms with Crippen molar-refractivity contribution in [2.24, 2.45) is 0 Å². The van der Waals surface area contributed by atoms with Crippen LogP contribution in [0, 0.1) is 0 Å². The Morgan fingerprint density at radius 2 is 2.20 bits per heavy atom. The summed E-state index contributed by atoms with van der Waals surface area (Å²) >= 11 is 0. The zero-order chi connectivity index (χ0) is 18.2. The van der Waals surface area contributed by atoms with Crippen LogP contribution in [0.1, 0.15) is 6.23 Å². The average Bonchev–Trinajstić information content (AvgIpc) is 3.15. The van der Waals surface area contributed by atoms with Gasteiger partial charge in [-0.05, 0) is 0 Å². The SMILES string of the molecule is CO[C@H]1[C@@H](O)[C@H](n2cnc3c(=O)[nH]cnc32)O[C@@H]1COP(=O)(O)OC. The number of aliphatic hydroxyl groups is 1. The number of nitrogens with one attached hydrogen (secondary N) is 1. The van der Waals surface area contributed by atoms with Crippen molar-refractivity contribution in [3.8, 4) is 0 Å². The number of hydrogen-bond acceptors (Lipinski definition) is 9. The molecule has 3 N–H and O–H groups in total. The highest BCUT2D eigenvalue weighted by Gasteiger charge is 2.46. The summed E-state index contributed by atoms with van der Waals surface area (Å²) in [5, 5.41) is 10.5. The number of aliphatic hydroxyl groups excluding tert-OH is 1. The van der Waals surface area contributed by atoms with Gasteiger partial charge in [-0.15, -0.1) is 0 Å². The van der Waals surface area contributed by atoms with Crippen molar-refractivity contribution in [3.63, 3.8) is 0 Å². The highest BCUT2D eigenvalue weighted by atomic mass is 31.2. The van der Waals surface area contributed by atoms with Crippen LogP contribution >= 0.6 is 7.82 Å². The number of rotatable bonds is 6. The van der Waals surface area contributed by atoms with E-state index in [1.807, 2.05) is 0 Å². The van der Waals surface area contributed by atoms with Gasteiger partial charge in [-0.25, -0.2) is 14.5 Å². The van der Waals surface area contributed by atoms with Crippen LogP contribution in [0.3, 0.4) is 0 Å². The van der Waals surface area contributed by atoms with Gasteiger partial charge in [0.15, 0.2) is 17.4 Å². The molecule has 3 rings (SSSR count). The molecular weight excluding hydrogens is 359 g/mol. The van der Waals surface area contributed by atoms with Crippen LogP contribution in [0.2, 0.25) is 0 Å². The summed E-state index contributed by atoms with van der Waals surface area (Å²) in [5.41, 5.74) is -0.124. The molecule has 1 unspecified atom stereocenters. The normalized spacial score (nSPS) is 29.1. The van der Waals surface area contributed by atoms with Crippen molar-refractivity contribution >= 4 is 19.0 Å². The molecule has 1 aliphatic rings. The lowest BCUT2D eigenvalue weighted by atomic mass is 10.1. The van der Waals surface area contributed by atoms with Crippen molar-refractivity contribution in [1.82, 2.24) is 19.5 Å². The zero-order valence-electron chi connectivity index (χ0n) is 13.3. The molecule has 138 valence electrons. The van der Waals surface area contributed by atoms with Crippen molar-refractivity contribution in [2.75, 3.05) is 20.8 Å². The van der Waals surface area contributed by atoms with Crippen molar-refractivity contribution < 1.29 is 33.1 Å². The topological polar surface area (TPSA) is 158 Å². The highest BCUT2D eigenvalue weighted by molar-refractivity contribution is 7.47. The molecule has 0 saturated carbocycles. The van der Waals surface area contributed by atoms with Crippen LogP contribution in [0.5, 0.6) is 0 Å². The van der Waals surface area contributed by atoms with E-state index in [9.17, 15) is 19.4 Å². The van der Waals surface area contributed by atoms with E-state index < -0.39 is 37.9 Å². The molecular formula is C12H17N4O8P. The molecule has 13 heteroatoms. The van der Waals surface area contributed by atoms with Gasteiger partial charge in [-0.1, -0.05) is 0 Å². The molecule has 1 saturated heterocycles. The van der Waals surface area contributed by atoms with E-state index in [4.69, 9.17) is 14.0 Å². The monoisotopic (exact) mass is 376 g/mol. The quantitative estimate of drug-likeness (QED) is 0.543. The summed E-state index contributed by atoms with van der Waals surface area (Å²) in [6, 6.07) is 0. The Morgan fingerprint density at radius 3 is 2.88 bits per heavy atom. The number of hydrogen-bond donors (Lipinski definition) is 3. The fourth-order valence-electron chi connectivity index (χ4n) is 2.64. The van der Waals surface area contributed by atoms with Gasteiger partial charge in [-0.3, -0.25) is 18.4 Å². The summed E-state index contributed by atoms with van der Waals surface area (Å²) in [5.74, 6) is 0. The molecule has 1 fully saturated rings. The van der Waals surface area contributed by atoms with Gasteiger partial charge in [0, 0.05) is 14.2 Å². The van der Waals surface area contributed by atoms with E-state index in [2.05, 4.69) is 19.5 Å². The predicted molar refractivity (Wildman–Crippen MR) is 81.6 cm³/mol. The molecule has 0 bridgehead atoms. The first-order valence-corrected chi connectivity index (χ1v) is 8.67. The maximum absolute atomic E-state index is 11.7. The smallest absolute Gasteiger partial charge is 0.386 e. The summed E-state index contributed by atoms with van der Waals surface area (Å²) < 4.78 is 32.8. The molecule has 1 aliphatic heterocycles. The Balaban J connectivity index is 1.86. The molecule has 25 heavy (non-hydrogen) atoms. The number of ether oxygens (including phenoxy) is 2. The maximum atomic E-state index is 11.7. The van der Waals surface area contributed by atoms with Gasteiger partial charge in [0.25, 0.3) is 5.56 Å². The van der Waals surface area contributed by atoms with E-state index >= 15 is 0 Å². The van der Waals surface area contributed by atoms with Gasteiger partial charge in [0.1, 0.15) is 18.3 Å². The second kappa shape index (κ2) is 6.92. The molecule has 0 aromatic carbocycles. The Bertz CT molecular complexity index is 853. The summed E-state index contributed by atoms with van der Waals surface area (Å²) in [6.45, 7) is -0.353. The van der Waals surface area contributed by atoms with Crippen molar-refractivity contribution in [1.29, 1.82) is 0 Å². The minimum absolute atomic E-state index is 0.0891. The van der Waals surface area contributed by atoms with Crippen molar-refractivity contribution in [3.05, 3.63) is 23.0 Å². The van der Waals surface area contributed by atoms with Gasteiger partial charge in [0.05, 0.1) is 19.3 Å². The van der Waals surface area contributed by atoms with E-state index in [0.717, 1.165) is 7.11 Å². The van der Waals surface area contributed by atoms with Crippen LogP contribution in [-0.2, 0) is 23.1 Å². The first-order chi connectivity index (χ1) is 11.9. The number of methoxy groups -OCH3 is 1. The number of nitrogens with zero attached hydrogens (tertiary/aromatic N) is 3. The van der Waals surface area contributed by atoms with Crippen LogP contribution < -0.4 is 5.56 Å². The van der Waals surface area contributed by atoms with E-state index in [1.165, 1.54) is 24.3 Å². The van der Waals surface area contributed by atoms with Crippen LogP contribution in [0.4, 0.5) is 0 Å². The zero-order valence-corrected chi connectivity index (χ0v) is 14.2. The van der Waals surface area contributed by atoms with E-state index in [-0.39, 0.29) is 17.8 Å². The molecule has 5 atom stereocenters. The minimum atomic E-state index is -4.20. The Morgan fingerprint density at radius 1 is 1.44 bits per heavy atom. The Kier molecular flexibility index (Phi) is 5.02. The minimum Gasteiger partial charge on any atom is -0.386 e. The van der Waals surface area contributed by atoms with E-state index in [0.29, 0.717) is 0 Å². The lowest BCUT2D eigenvalue weighted by molar-refractivity contribution is -0.0533.